The summed E-state index contributed by atoms with van der Waals surface area (Å²) in [5.41, 5.74) is 1.75. The maximum absolute atomic E-state index is 12.7. The molecule has 0 aliphatic carbocycles. The highest BCUT2D eigenvalue weighted by atomic mass is 16.5. The van der Waals surface area contributed by atoms with E-state index in [1.807, 2.05) is 54.6 Å². The Bertz CT molecular complexity index is 754. The van der Waals surface area contributed by atoms with Crippen molar-refractivity contribution >= 4 is 17.7 Å². The van der Waals surface area contributed by atoms with Crippen molar-refractivity contribution in [2.75, 3.05) is 18.6 Å². The van der Waals surface area contributed by atoms with E-state index in [0.717, 1.165) is 29.2 Å². The molecule has 0 radical (unpaired) electrons. The third-order valence-corrected chi connectivity index (χ3v) is 4.07. The van der Waals surface area contributed by atoms with E-state index in [2.05, 4.69) is 6.92 Å². The van der Waals surface area contributed by atoms with Crippen molar-refractivity contribution in [3.05, 3.63) is 60.2 Å². The fourth-order valence-electron chi connectivity index (χ4n) is 2.72. The Morgan fingerprint density at radius 3 is 2.92 bits per heavy atom. The van der Waals surface area contributed by atoms with Gasteiger partial charge in [0.05, 0.1) is 19.3 Å². The number of hydrogen-bond donors (Lipinski definition) is 0. The van der Waals surface area contributed by atoms with Gasteiger partial charge in [0.15, 0.2) is 0 Å². The number of anilines is 1. The summed E-state index contributed by atoms with van der Waals surface area (Å²) in [5.74, 6) is 1.48. The van der Waals surface area contributed by atoms with Gasteiger partial charge >= 0.3 is 0 Å². The molecule has 0 saturated carbocycles. The zero-order valence-corrected chi connectivity index (χ0v) is 13.9. The number of para-hydroxylation sites is 2. The van der Waals surface area contributed by atoms with Crippen LogP contribution in [0, 0.1) is 0 Å². The van der Waals surface area contributed by atoms with Crippen LogP contribution in [-0.2, 0) is 4.79 Å². The molecule has 24 heavy (non-hydrogen) atoms. The highest BCUT2D eigenvalue weighted by Gasteiger charge is 2.27. The number of ether oxygens (including phenoxy) is 2. The lowest BCUT2D eigenvalue weighted by Crippen LogP contribution is -2.42. The predicted molar refractivity (Wildman–Crippen MR) is 95.5 cm³/mol. The molecule has 2 aromatic carbocycles. The van der Waals surface area contributed by atoms with Gasteiger partial charge in [-0.2, -0.15) is 0 Å². The molecule has 2 aromatic rings. The number of nitrogens with zero attached hydrogens (tertiary/aromatic N) is 1. The number of amides is 1. The standard InChI is InChI=1S/C20H21NO3/c1-3-16-14-21(18-9-4-5-10-19(18)24-16)20(22)12-11-15-7-6-8-17(13-15)23-2/h4-13,16H,3,14H2,1-2H3/b12-11+. The quantitative estimate of drug-likeness (QED) is 0.801. The van der Waals surface area contributed by atoms with Crippen molar-refractivity contribution in [2.24, 2.45) is 0 Å². The number of hydrogen-bond acceptors (Lipinski definition) is 3. The first-order valence-electron chi connectivity index (χ1n) is 8.10. The molecule has 0 spiro atoms. The van der Waals surface area contributed by atoms with E-state index in [1.54, 1.807) is 18.1 Å². The average molecular weight is 323 g/mol. The lowest BCUT2D eigenvalue weighted by Gasteiger charge is -2.34. The Hall–Kier alpha value is -2.75. The van der Waals surface area contributed by atoms with E-state index in [4.69, 9.17) is 9.47 Å². The normalized spacial score (nSPS) is 16.6. The number of rotatable bonds is 4. The number of methoxy groups -OCH3 is 1. The van der Waals surface area contributed by atoms with Gasteiger partial charge in [0.25, 0.3) is 5.91 Å². The Balaban J connectivity index is 1.82. The SMILES string of the molecule is CCC1CN(C(=O)/C=C/c2cccc(OC)c2)c2ccccc2O1. The van der Waals surface area contributed by atoms with Gasteiger partial charge in [0.1, 0.15) is 17.6 Å². The molecule has 0 N–H and O–H groups in total. The second-order valence-corrected chi connectivity index (χ2v) is 5.67. The van der Waals surface area contributed by atoms with Crippen LogP contribution in [0.25, 0.3) is 6.08 Å². The zero-order valence-electron chi connectivity index (χ0n) is 13.9. The fraction of sp³-hybridized carbons (Fsp3) is 0.250. The third-order valence-electron chi connectivity index (χ3n) is 4.07. The van der Waals surface area contributed by atoms with E-state index in [1.165, 1.54) is 0 Å². The molecule has 4 heteroatoms. The van der Waals surface area contributed by atoms with Crippen LogP contribution in [-0.4, -0.2) is 25.7 Å². The Morgan fingerprint density at radius 1 is 1.29 bits per heavy atom. The minimum Gasteiger partial charge on any atom is -0.497 e. The summed E-state index contributed by atoms with van der Waals surface area (Å²) in [4.78, 5) is 14.5. The van der Waals surface area contributed by atoms with E-state index in [9.17, 15) is 4.79 Å². The van der Waals surface area contributed by atoms with E-state index >= 15 is 0 Å². The van der Waals surface area contributed by atoms with Crippen LogP contribution in [0.5, 0.6) is 11.5 Å². The van der Waals surface area contributed by atoms with Crippen molar-refractivity contribution in [2.45, 2.75) is 19.4 Å². The molecule has 1 unspecified atom stereocenters. The van der Waals surface area contributed by atoms with Crippen molar-refractivity contribution in [3.63, 3.8) is 0 Å². The average Bonchev–Trinajstić information content (AvgIpc) is 2.65. The summed E-state index contributed by atoms with van der Waals surface area (Å²) in [6.07, 6.45) is 4.29. The first-order chi connectivity index (χ1) is 11.7. The van der Waals surface area contributed by atoms with Crippen LogP contribution in [0.15, 0.2) is 54.6 Å². The van der Waals surface area contributed by atoms with Gasteiger partial charge in [0.2, 0.25) is 0 Å². The molecule has 1 aliphatic rings. The molecule has 3 rings (SSSR count). The van der Waals surface area contributed by atoms with E-state index in [0.29, 0.717) is 6.54 Å². The number of carbonyl (C=O) groups is 1. The lowest BCUT2D eigenvalue weighted by molar-refractivity contribution is -0.114. The summed E-state index contributed by atoms with van der Waals surface area (Å²) in [5, 5.41) is 0. The van der Waals surface area contributed by atoms with Crippen LogP contribution >= 0.6 is 0 Å². The molecule has 1 aliphatic heterocycles. The molecule has 0 fully saturated rings. The van der Waals surface area contributed by atoms with Gasteiger partial charge in [-0.1, -0.05) is 31.2 Å². The first-order valence-corrected chi connectivity index (χ1v) is 8.10. The Labute approximate surface area is 142 Å². The van der Waals surface area contributed by atoms with Crippen molar-refractivity contribution in [1.82, 2.24) is 0 Å². The number of fused-ring (bicyclic) bond motifs is 1. The van der Waals surface area contributed by atoms with Crippen LogP contribution in [0.2, 0.25) is 0 Å². The zero-order chi connectivity index (χ0) is 16.9. The molecule has 1 heterocycles. The van der Waals surface area contributed by atoms with Gasteiger partial charge in [-0.25, -0.2) is 0 Å². The molecular formula is C20H21NO3. The largest absolute Gasteiger partial charge is 0.497 e. The van der Waals surface area contributed by atoms with Crippen LogP contribution in [0.3, 0.4) is 0 Å². The second-order valence-electron chi connectivity index (χ2n) is 5.67. The van der Waals surface area contributed by atoms with Crippen LogP contribution in [0.4, 0.5) is 5.69 Å². The molecule has 0 bridgehead atoms. The summed E-state index contributed by atoms with van der Waals surface area (Å²) < 4.78 is 11.1. The van der Waals surface area contributed by atoms with Gasteiger partial charge in [0, 0.05) is 6.08 Å². The second kappa shape index (κ2) is 7.21. The summed E-state index contributed by atoms with van der Waals surface area (Å²) in [7, 11) is 1.63. The molecule has 4 nitrogen and oxygen atoms in total. The molecule has 1 amide bonds. The summed E-state index contributed by atoms with van der Waals surface area (Å²) >= 11 is 0. The molecular weight excluding hydrogens is 302 g/mol. The highest BCUT2D eigenvalue weighted by molar-refractivity contribution is 6.05. The topological polar surface area (TPSA) is 38.8 Å². The Kier molecular flexibility index (Phi) is 4.85. The highest BCUT2D eigenvalue weighted by Crippen LogP contribution is 2.33. The van der Waals surface area contributed by atoms with Crippen LogP contribution in [0.1, 0.15) is 18.9 Å². The van der Waals surface area contributed by atoms with Gasteiger partial charge in [-0.15, -0.1) is 0 Å². The van der Waals surface area contributed by atoms with Gasteiger partial charge in [-0.3, -0.25) is 4.79 Å². The summed E-state index contributed by atoms with van der Waals surface area (Å²) in [6, 6.07) is 15.3. The van der Waals surface area contributed by atoms with Gasteiger partial charge in [-0.05, 0) is 42.3 Å². The fourth-order valence-corrected chi connectivity index (χ4v) is 2.72. The molecule has 0 aromatic heterocycles. The molecule has 1 atom stereocenters. The number of benzene rings is 2. The van der Waals surface area contributed by atoms with Crippen molar-refractivity contribution in [3.8, 4) is 11.5 Å². The third kappa shape index (κ3) is 3.43. The Morgan fingerprint density at radius 2 is 2.12 bits per heavy atom. The minimum atomic E-state index is -0.0491. The minimum absolute atomic E-state index is 0.0223. The maximum atomic E-state index is 12.7. The van der Waals surface area contributed by atoms with Crippen molar-refractivity contribution < 1.29 is 14.3 Å². The van der Waals surface area contributed by atoms with E-state index < -0.39 is 0 Å². The van der Waals surface area contributed by atoms with Crippen LogP contribution < -0.4 is 14.4 Å². The molecule has 0 saturated heterocycles. The lowest BCUT2D eigenvalue weighted by atomic mass is 10.1. The first kappa shape index (κ1) is 16.1. The predicted octanol–water partition coefficient (Wildman–Crippen LogP) is 3.91. The smallest absolute Gasteiger partial charge is 0.251 e. The van der Waals surface area contributed by atoms with E-state index in [-0.39, 0.29) is 12.0 Å². The number of carbonyl (C=O) groups excluding carboxylic acids is 1. The van der Waals surface area contributed by atoms with Crippen molar-refractivity contribution in [1.29, 1.82) is 0 Å². The van der Waals surface area contributed by atoms with Gasteiger partial charge < -0.3 is 14.4 Å². The monoisotopic (exact) mass is 323 g/mol. The molecule has 124 valence electrons. The maximum Gasteiger partial charge on any atom is 0.251 e. The summed E-state index contributed by atoms with van der Waals surface area (Å²) in [6.45, 7) is 2.63.